The first kappa shape index (κ1) is 20.1. The largest absolute Gasteiger partial charge is 0.497 e. The molecule has 0 aromatic heterocycles. The number of guanidine groups is 1. The van der Waals surface area contributed by atoms with Gasteiger partial charge in [-0.05, 0) is 48.4 Å². The van der Waals surface area contributed by atoms with Gasteiger partial charge < -0.3 is 15.8 Å². The van der Waals surface area contributed by atoms with Gasteiger partial charge in [-0.15, -0.1) is 24.0 Å². The van der Waals surface area contributed by atoms with Crippen LogP contribution in [0.2, 0.25) is 0 Å². The number of benzene rings is 2. The highest BCUT2D eigenvalue weighted by Crippen LogP contribution is 2.15. The molecule has 24 heavy (non-hydrogen) atoms. The zero-order valence-electron chi connectivity index (χ0n) is 12.9. The molecule has 0 aliphatic carbocycles. The molecule has 0 aliphatic rings. The summed E-state index contributed by atoms with van der Waals surface area (Å²) in [5, 5.41) is 2.88. The molecule has 4 nitrogen and oxygen atoms in total. The number of halogens is 4. The first-order valence-corrected chi connectivity index (χ1v) is 6.84. The lowest BCUT2D eigenvalue weighted by atomic mass is 10.1. The highest BCUT2D eigenvalue weighted by molar-refractivity contribution is 14.0. The van der Waals surface area contributed by atoms with Crippen molar-refractivity contribution in [3.8, 4) is 5.75 Å². The Hall–Kier alpha value is -1.97. The Morgan fingerprint density at radius 1 is 1.12 bits per heavy atom. The molecule has 0 amide bonds. The molecule has 2 aromatic rings. The molecule has 0 unspecified atom stereocenters. The molecule has 0 heterocycles. The van der Waals surface area contributed by atoms with E-state index in [-0.39, 0.29) is 42.9 Å². The third kappa shape index (κ3) is 5.59. The van der Waals surface area contributed by atoms with Gasteiger partial charge >= 0.3 is 0 Å². The van der Waals surface area contributed by atoms with Gasteiger partial charge in [0.1, 0.15) is 5.75 Å². The second kappa shape index (κ2) is 9.36. The molecule has 3 N–H and O–H groups in total. The molecule has 0 saturated heterocycles. The number of rotatable bonds is 5. The molecular formula is C16H17F3IN3O. The Morgan fingerprint density at radius 2 is 1.71 bits per heavy atom. The van der Waals surface area contributed by atoms with E-state index in [1.165, 1.54) is 0 Å². The Kier molecular flexibility index (Phi) is 7.83. The van der Waals surface area contributed by atoms with Crippen LogP contribution in [0.4, 0.5) is 18.9 Å². The van der Waals surface area contributed by atoms with Crippen LogP contribution in [0.3, 0.4) is 0 Å². The van der Waals surface area contributed by atoms with Crippen LogP contribution in [0.15, 0.2) is 41.4 Å². The van der Waals surface area contributed by atoms with E-state index in [2.05, 4.69) is 10.3 Å². The second-order valence-electron chi connectivity index (χ2n) is 4.74. The highest BCUT2D eigenvalue weighted by Gasteiger charge is 2.10. The molecule has 0 fully saturated rings. The normalized spacial score (nSPS) is 10.9. The molecule has 2 aromatic carbocycles. The minimum atomic E-state index is -1.47. The summed E-state index contributed by atoms with van der Waals surface area (Å²) >= 11 is 0. The van der Waals surface area contributed by atoms with Gasteiger partial charge in [-0.1, -0.05) is 0 Å². The average molecular weight is 451 g/mol. The van der Waals surface area contributed by atoms with E-state index in [9.17, 15) is 13.2 Å². The summed E-state index contributed by atoms with van der Waals surface area (Å²) in [4.78, 5) is 4.05. The van der Waals surface area contributed by atoms with E-state index >= 15 is 0 Å². The first-order chi connectivity index (χ1) is 11.0. The maximum Gasteiger partial charge on any atom is 0.194 e. The first-order valence-electron chi connectivity index (χ1n) is 6.84. The average Bonchev–Trinajstić information content (AvgIpc) is 2.53. The summed E-state index contributed by atoms with van der Waals surface area (Å²) in [6, 6.07) is 8.96. The number of hydrogen-bond donors (Lipinski definition) is 2. The van der Waals surface area contributed by atoms with Crippen molar-refractivity contribution in [2.75, 3.05) is 19.0 Å². The van der Waals surface area contributed by atoms with E-state index in [0.29, 0.717) is 11.3 Å². The van der Waals surface area contributed by atoms with Crippen LogP contribution in [0.5, 0.6) is 5.75 Å². The van der Waals surface area contributed by atoms with Crippen molar-refractivity contribution in [1.82, 2.24) is 0 Å². The van der Waals surface area contributed by atoms with Gasteiger partial charge in [0, 0.05) is 12.2 Å². The van der Waals surface area contributed by atoms with Gasteiger partial charge in [-0.25, -0.2) is 13.2 Å². The smallest absolute Gasteiger partial charge is 0.194 e. The third-order valence-corrected chi connectivity index (χ3v) is 3.09. The zero-order valence-corrected chi connectivity index (χ0v) is 15.2. The molecule has 0 bridgehead atoms. The van der Waals surface area contributed by atoms with Crippen LogP contribution < -0.4 is 15.8 Å². The van der Waals surface area contributed by atoms with Crippen molar-refractivity contribution in [3.05, 3.63) is 59.4 Å². The standard InChI is InChI=1S/C16H16F3N3O.HI/c1-23-12-4-2-11(3-5-12)22-16(20)21-7-6-10-8-13(17)15(19)14(18)9-10;/h2-5,8-9H,6-7H2,1H3,(H3,20,21,22);1H. The molecule has 0 saturated carbocycles. The van der Waals surface area contributed by atoms with Crippen molar-refractivity contribution < 1.29 is 17.9 Å². The number of nitrogens with two attached hydrogens (primary N) is 1. The summed E-state index contributed by atoms with van der Waals surface area (Å²) < 4.78 is 44.0. The Balaban J connectivity index is 0.00000288. The molecule has 130 valence electrons. The van der Waals surface area contributed by atoms with Crippen LogP contribution in [-0.2, 0) is 6.42 Å². The molecule has 0 atom stereocenters. The van der Waals surface area contributed by atoms with Gasteiger partial charge in [0.2, 0.25) is 0 Å². The van der Waals surface area contributed by atoms with E-state index in [0.717, 1.165) is 17.8 Å². The number of ether oxygens (including phenoxy) is 1. The Morgan fingerprint density at radius 3 is 2.25 bits per heavy atom. The van der Waals surface area contributed by atoms with Crippen LogP contribution in [0.25, 0.3) is 0 Å². The number of nitrogens with zero attached hydrogens (tertiary/aromatic N) is 1. The molecule has 8 heteroatoms. The fourth-order valence-corrected chi connectivity index (χ4v) is 1.92. The SMILES string of the molecule is COc1ccc(NC(N)=NCCc2cc(F)c(F)c(F)c2)cc1.I. The Bertz CT molecular complexity index is 685. The number of hydrogen-bond acceptors (Lipinski definition) is 2. The predicted molar refractivity (Wildman–Crippen MR) is 98.5 cm³/mol. The Labute approximate surface area is 154 Å². The summed E-state index contributed by atoms with van der Waals surface area (Å²) in [6.07, 6.45) is 0.235. The van der Waals surface area contributed by atoms with Crippen molar-refractivity contribution in [2.24, 2.45) is 10.7 Å². The predicted octanol–water partition coefficient (Wildman–Crippen LogP) is 3.70. The fraction of sp³-hybridized carbons (Fsp3) is 0.188. The zero-order chi connectivity index (χ0) is 16.8. The maximum absolute atomic E-state index is 13.1. The van der Waals surface area contributed by atoms with Gasteiger partial charge in [-0.3, -0.25) is 4.99 Å². The quantitative estimate of drug-likeness (QED) is 0.316. The van der Waals surface area contributed by atoms with Gasteiger partial charge in [0.25, 0.3) is 0 Å². The number of anilines is 1. The van der Waals surface area contributed by atoms with Crippen LogP contribution in [0.1, 0.15) is 5.56 Å². The lowest BCUT2D eigenvalue weighted by molar-refractivity contribution is 0.415. The van der Waals surface area contributed by atoms with Gasteiger partial charge in [0.05, 0.1) is 7.11 Å². The van der Waals surface area contributed by atoms with Crippen LogP contribution in [0, 0.1) is 17.5 Å². The monoisotopic (exact) mass is 451 g/mol. The van der Waals surface area contributed by atoms with Crippen LogP contribution in [-0.4, -0.2) is 19.6 Å². The van der Waals surface area contributed by atoms with Crippen LogP contribution >= 0.6 is 24.0 Å². The lowest BCUT2D eigenvalue weighted by Gasteiger charge is -2.07. The van der Waals surface area contributed by atoms with E-state index in [1.807, 2.05) is 0 Å². The van der Waals surface area contributed by atoms with Crippen molar-refractivity contribution in [2.45, 2.75) is 6.42 Å². The number of methoxy groups -OCH3 is 1. The third-order valence-electron chi connectivity index (χ3n) is 3.09. The summed E-state index contributed by atoms with van der Waals surface area (Å²) in [5.74, 6) is -3.02. The maximum atomic E-state index is 13.1. The number of nitrogens with one attached hydrogen (secondary N) is 1. The molecular weight excluding hydrogens is 434 g/mol. The van der Waals surface area contributed by atoms with Crippen molar-refractivity contribution in [3.63, 3.8) is 0 Å². The summed E-state index contributed by atoms with van der Waals surface area (Å²) in [7, 11) is 1.57. The lowest BCUT2D eigenvalue weighted by Crippen LogP contribution is -2.23. The second-order valence-corrected chi connectivity index (χ2v) is 4.74. The number of aliphatic imine (C=N–C) groups is 1. The highest BCUT2D eigenvalue weighted by atomic mass is 127. The van der Waals surface area contributed by atoms with Gasteiger partial charge in [-0.2, -0.15) is 0 Å². The topological polar surface area (TPSA) is 59.6 Å². The summed E-state index contributed by atoms with van der Waals surface area (Å²) in [6.45, 7) is 0.208. The van der Waals surface area contributed by atoms with E-state index in [1.54, 1.807) is 31.4 Å². The summed E-state index contributed by atoms with van der Waals surface area (Å²) in [5.41, 5.74) is 6.76. The minimum absolute atomic E-state index is 0. The van der Waals surface area contributed by atoms with E-state index < -0.39 is 17.5 Å². The molecule has 0 spiro atoms. The van der Waals surface area contributed by atoms with Gasteiger partial charge in [0.15, 0.2) is 23.4 Å². The molecule has 2 rings (SSSR count). The molecule has 0 aliphatic heterocycles. The van der Waals surface area contributed by atoms with Crippen molar-refractivity contribution in [1.29, 1.82) is 0 Å². The van der Waals surface area contributed by atoms with Crippen molar-refractivity contribution >= 4 is 35.6 Å². The van der Waals surface area contributed by atoms with E-state index in [4.69, 9.17) is 10.5 Å². The fourth-order valence-electron chi connectivity index (χ4n) is 1.92. The minimum Gasteiger partial charge on any atom is -0.497 e. The molecule has 0 radical (unpaired) electrons.